The summed E-state index contributed by atoms with van der Waals surface area (Å²) in [4.78, 5) is 14.8. The van der Waals surface area contributed by atoms with Gasteiger partial charge in [-0.3, -0.25) is 4.79 Å². The minimum Gasteiger partial charge on any atom is -0.484 e. The molecule has 1 N–H and O–H groups in total. The number of hydrogen-bond donors (Lipinski definition) is 1. The number of nitrogens with one attached hydrogen (secondary N) is 1. The molecule has 1 amide bonds. The summed E-state index contributed by atoms with van der Waals surface area (Å²) >= 11 is 5.51. The zero-order chi connectivity index (χ0) is 18.4. The van der Waals surface area contributed by atoms with Gasteiger partial charge in [0.1, 0.15) is 16.6 Å². The Labute approximate surface area is 156 Å². The normalized spacial score (nSPS) is 14.0. The Morgan fingerprint density at radius 3 is 2.42 bits per heavy atom. The van der Waals surface area contributed by atoms with Crippen LogP contribution in [-0.2, 0) is 9.53 Å². The fraction of sp³-hybridized carbons (Fsp3) is 0.263. The Bertz CT molecular complexity index is 759. The molecule has 1 fully saturated rings. The van der Waals surface area contributed by atoms with Gasteiger partial charge in [0.2, 0.25) is 0 Å². The second-order valence-corrected chi connectivity index (χ2v) is 6.16. The first-order chi connectivity index (χ1) is 12.6. The fourth-order valence-corrected chi connectivity index (χ4v) is 2.84. The number of halogens is 1. The minimum atomic E-state index is -0.352. The van der Waals surface area contributed by atoms with Crippen molar-refractivity contribution in [3.63, 3.8) is 0 Å². The summed E-state index contributed by atoms with van der Waals surface area (Å²) in [6, 6.07) is 12.9. The van der Waals surface area contributed by atoms with Gasteiger partial charge in [-0.05, 0) is 48.5 Å². The van der Waals surface area contributed by atoms with Gasteiger partial charge in [-0.25, -0.2) is 4.39 Å². The summed E-state index contributed by atoms with van der Waals surface area (Å²) in [7, 11) is 0. The molecule has 0 aliphatic carbocycles. The average Bonchev–Trinajstić information content (AvgIpc) is 2.69. The molecule has 0 atom stereocenters. The number of ether oxygens (including phenoxy) is 2. The Balaban J connectivity index is 1.50. The van der Waals surface area contributed by atoms with Gasteiger partial charge < -0.3 is 19.7 Å². The number of rotatable bonds is 5. The van der Waals surface area contributed by atoms with E-state index in [-0.39, 0.29) is 18.3 Å². The van der Waals surface area contributed by atoms with Crippen LogP contribution in [0.25, 0.3) is 0 Å². The van der Waals surface area contributed by atoms with Crippen LogP contribution in [0.4, 0.5) is 10.1 Å². The number of carbonyl (C=O) groups excluding carboxylic acids is 1. The number of amides is 1. The van der Waals surface area contributed by atoms with Crippen LogP contribution in [0, 0.1) is 5.82 Å². The van der Waals surface area contributed by atoms with Crippen LogP contribution < -0.4 is 10.1 Å². The molecule has 3 rings (SSSR count). The average molecular weight is 374 g/mol. The Morgan fingerprint density at radius 1 is 1.12 bits per heavy atom. The molecule has 1 saturated heterocycles. The highest BCUT2D eigenvalue weighted by Crippen LogP contribution is 2.15. The summed E-state index contributed by atoms with van der Waals surface area (Å²) in [5.41, 5.74) is 1.45. The highest BCUT2D eigenvalue weighted by atomic mass is 32.1. The smallest absolute Gasteiger partial charge is 0.262 e. The van der Waals surface area contributed by atoms with Crippen LogP contribution in [0.2, 0.25) is 0 Å². The van der Waals surface area contributed by atoms with Crippen LogP contribution in [0.5, 0.6) is 5.75 Å². The van der Waals surface area contributed by atoms with Crippen molar-refractivity contribution in [2.75, 3.05) is 38.2 Å². The number of carbonyl (C=O) groups is 1. The summed E-state index contributed by atoms with van der Waals surface area (Å²) < 4.78 is 23.7. The lowest BCUT2D eigenvalue weighted by molar-refractivity contribution is -0.118. The van der Waals surface area contributed by atoms with E-state index in [1.807, 2.05) is 12.1 Å². The molecule has 1 aliphatic rings. The lowest BCUT2D eigenvalue weighted by Gasteiger charge is -2.29. The molecule has 0 saturated carbocycles. The largest absolute Gasteiger partial charge is 0.484 e. The number of thiocarbonyl (C=S) groups is 1. The molecule has 0 unspecified atom stereocenters. The zero-order valence-corrected chi connectivity index (χ0v) is 14.9. The van der Waals surface area contributed by atoms with Gasteiger partial charge in [-0.15, -0.1) is 0 Å². The molecule has 1 aliphatic heterocycles. The Kier molecular flexibility index (Phi) is 6.14. The number of nitrogens with zero attached hydrogens (tertiary/aromatic N) is 1. The second-order valence-electron chi connectivity index (χ2n) is 5.77. The summed E-state index contributed by atoms with van der Waals surface area (Å²) in [5.74, 6) is -0.0911. The van der Waals surface area contributed by atoms with Crippen molar-refractivity contribution in [3.05, 3.63) is 59.9 Å². The predicted octanol–water partition coefficient (Wildman–Crippen LogP) is 2.85. The first-order valence-corrected chi connectivity index (χ1v) is 8.68. The van der Waals surface area contributed by atoms with Gasteiger partial charge in [-0.1, -0.05) is 12.2 Å². The number of morpholine rings is 1. The van der Waals surface area contributed by atoms with Crippen LogP contribution in [0.15, 0.2) is 48.5 Å². The molecule has 0 bridgehead atoms. The third-order valence-electron chi connectivity index (χ3n) is 3.90. The van der Waals surface area contributed by atoms with Gasteiger partial charge in [0.05, 0.1) is 13.2 Å². The lowest BCUT2D eigenvalue weighted by Crippen LogP contribution is -2.40. The highest BCUT2D eigenvalue weighted by Gasteiger charge is 2.15. The molecular weight excluding hydrogens is 355 g/mol. The maximum absolute atomic E-state index is 12.8. The minimum absolute atomic E-state index is 0.134. The number of hydrogen-bond acceptors (Lipinski definition) is 4. The molecule has 136 valence electrons. The van der Waals surface area contributed by atoms with Crippen molar-refractivity contribution in [2.24, 2.45) is 0 Å². The van der Waals surface area contributed by atoms with E-state index in [0.29, 0.717) is 24.7 Å². The lowest BCUT2D eigenvalue weighted by atomic mass is 10.2. The monoisotopic (exact) mass is 374 g/mol. The van der Waals surface area contributed by atoms with Crippen LogP contribution in [0.3, 0.4) is 0 Å². The van der Waals surface area contributed by atoms with Crippen LogP contribution >= 0.6 is 12.2 Å². The van der Waals surface area contributed by atoms with E-state index in [4.69, 9.17) is 21.7 Å². The van der Waals surface area contributed by atoms with Gasteiger partial charge in [0.25, 0.3) is 5.91 Å². The quantitative estimate of drug-likeness (QED) is 0.816. The van der Waals surface area contributed by atoms with Crippen LogP contribution in [-0.4, -0.2) is 48.7 Å². The molecule has 0 radical (unpaired) electrons. The van der Waals surface area contributed by atoms with E-state index in [0.717, 1.165) is 23.6 Å². The van der Waals surface area contributed by atoms with Crippen molar-refractivity contribution < 1.29 is 18.7 Å². The molecule has 0 spiro atoms. The topological polar surface area (TPSA) is 50.8 Å². The van der Waals surface area contributed by atoms with E-state index in [1.165, 1.54) is 24.3 Å². The Morgan fingerprint density at radius 2 is 1.77 bits per heavy atom. The van der Waals surface area contributed by atoms with Crippen molar-refractivity contribution >= 4 is 28.8 Å². The van der Waals surface area contributed by atoms with Crippen LogP contribution in [0.1, 0.15) is 5.56 Å². The number of anilines is 1. The van der Waals surface area contributed by atoms with E-state index in [2.05, 4.69) is 10.2 Å². The Hall–Kier alpha value is -2.51. The van der Waals surface area contributed by atoms with E-state index < -0.39 is 0 Å². The fourth-order valence-electron chi connectivity index (χ4n) is 2.52. The van der Waals surface area contributed by atoms with E-state index in [9.17, 15) is 9.18 Å². The highest BCUT2D eigenvalue weighted by molar-refractivity contribution is 7.80. The molecular formula is C19H19FN2O3S. The van der Waals surface area contributed by atoms with Gasteiger partial charge in [-0.2, -0.15) is 0 Å². The maximum atomic E-state index is 12.8. The molecule has 5 nitrogen and oxygen atoms in total. The van der Waals surface area contributed by atoms with Crippen molar-refractivity contribution in [1.82, 2.24) is 4.90 Å². The third-order valence-corrected chi connectivity index (χ3v) is 4.39. The van der Waals surface area contributed by atoms with Crippen molar-refractivity contribution in [2.45, 2.75) is 0 Å². The standard InChI is InChI=1S/C19H19FN2O3S/c20-15-3-5-16(6-4-15)21-18(23)13-25-17-7-1-14(2-8-17)19(26)22-9-11-24-12-10-22/h1-8H,9-13H2,(H,21,23). The number of benzene rings is 2. The molecule has 2 aromatic carbocycles. The summed E-state index contributed by atoms with van der Waals surface area (Å²) in [6.07, 6.45) is 0. The van der Waals surface area contributed by atoms with Gasteiger partial charge in [0, 0.05) is 24.3 Å². The molecule has 0 aromatic heterocycles. The summed E-state index contributed by atoms with van der Waals surface area (Å²) in [5, 5.41) is 2.64. The molecule has 7 heteroatoms. The molecule has 2 aromatic rings. The van der Waals surface area contributed by atoms with E-state index >= 15 is 0 Å². The van der Waals surface area contributed by atoms with Crippen molar-refractivity contribution in [1.29, 1.82) is 0 Å². The zero-order valence-electron chi connectivity index (χ0n) is 14.1. The second kappa shape index (κ2) is 8.73. The third kappa shape index (κ3) is 5.00. The van der Waals surface area contributed by atoms with Gasteiger partial charge in [0.15, 0.2) is 6.61 Å². The summed E-state index contributed by atoms with van der Waals surface area (Å²) in [6.45, 7) is 2.82. The van der Waals surface area contributed by atoms with E-state index in [1.54, 1.807) is 12.1 Å². The predicted molar refractivity (Wildman–Crippen MR) is 101 cm³/mol. The van der Waals surface area contributed by atoms with Crippen molar-refractivity contribution in [3.8, 4) is 5.75 Å². The first kappa shape index (κ1) is 18.3. The maximum Gasteiger partial charge on any atom is 0.262 e. The molecule has 26 heavy (non-hydrogen) atoms. The van der Waals surface area contributed by atoms with Gasteiger partial charge >= 0.3 is 0 Å². The SMILES string of the molecule is O=C(COc1ccc(C(=S)N2CCOCC2)cc1)Nc1ccc(F)cc1. The first-order valence-electron chi connectivity index (χ1n) is 8.27. The molecule has 1 heterocycles.